The highest BCUT2D eigenvalue weighted by Gasteiger charge is 2.43. The number of hydrogen-bond donors (Lipinski definition) is 1. The minimum Gasteiger partial charge on any atom is -0.288 e. The van der Waals surface area contributed by atoms with Crippen LogP contribution in [0.25, 0.3) is 0 Å². The van der Waals surface area contributed by atoms with Crippen LogP contribution >= 0.6 is 15.9 Å². The Morgan fingerprint density at radius 2 is 1.82 bits per heavy atom. The molecule has 0 aliphatic carbocycles. The number of para-hydroxylation sites is 1. The predicted molar refractivity (Wildman–Crippen MR) is 85.7 cm³/mol. The lowest BCUT2D eigenvalue weighted by Crippen LogP contribution is -2.40. The maximum Gasteiger partial charge on any atom is 0.259 e. The van der Waals surface area contributed by atoms with Gasteiger partial charge in [-0.15, -0.1) is 0 Å². The van der Waals surface area contributed by atoms with Crippen LogP contribution in [0.5, 0.6) is 0 Å². The highest BCUT2D eigenvalue weighted by atomic mass is 79.9. The Hall–Kier alpha value is -2.18. The van der Waals surface area contributed by atoms with Crippen LogP contribution in [0.4, 0.5) is 11.4 Å². The Bertz CT molecular complexity index is 720. The molecule has 1 saturated heterocycles. The van der Waals surface area contributed by atoms with E-state index in [1.165, 1.54) is 0 Å². The fourth-order valence-corrected chi connectivity index (χ4v) is 2.84. The maximum absolute atomic E-state index is 12.5. The van der Waals surface area contributed by atoms with Gasteiger partial charge in [0.25, 0.3) is 5.91 Å². The van der Waals surface area contributed by atoms with Crippen molar-refractivity contribution in [2.45, 2.75) is 12.5 Å². The molecular formula is C16H13BrN2O3. The summed E-state index contributed by atoms with van der Waals surface area (Å²) in [6, 6.07) is 14.7. The second-order valence-corrected chi connectivity index (χ2v) is 5.86. The molecule has 1 heterocycles. The van der Waals surface area contributed by atoms with Gasteiger partial charge in [0.2, 0.25) is 5.91 Å². The van der Waals surface area contributed by atoms with Crippen molar-refractivity contribution in [1.82, 2.24) is 0 Å². The van der Waals surface area contributed by atoms with Gasteiger partial charge in [0.1, 0.15) is 6.04 Å². The zero-order valence-corrected chi connectivity index (χ0v) is 13.1. The van der Waals surface area contributed by atoms with Crippen LogP contribution in [-0.4, -0.2) is 23.1 Å². The molecule has 3 rings (SSSR count). The van der Waals surface area contributed by atoms with Crippen molar-refractivity contribution in [2.24, 2.45) is 0 Å². The van der Waals surface area contributed by atoms with E-state index in [1.54, 1.807) is 42.5 Å². The van der Waals surface area contributed by atoms with Crippen LogP contribution in [0, 0.1) is 0 Å². The first kappa shape index (κ1) is 14.7. The molecule has 6 heteroatoms. The summed E-state index contributed by atoms with van der Waals surface area (Å²) in [6.07, 6.45) is -0.0588. The summed E-state index contributed by atoms with van der Waals surface area (Å²) < 4.78 is 0.776. The molecule has 5 nitrogen and oxygen atoms in total. The van der Waals surface area contributed by atoms with Gasteiger partial charge >= 0.3 is 0 Å². The third-order valence-electron chi connectivity index (χ3n) is 3.51. The first-order valence-corrected chi connectivity index (χ1v) is 7.53. The fraction of sp³-hybridized carbons (Fsp3) is 0.125. The smallest absolute Gasteiger partial charge is 0.259 e. The molecule has 0 radical (unpaired) electrons. The Balaban J connectivity index is 1.89. The second-order valence-electron chi connectivity index (χ2n) is 4.95. The van der Waals surface area contributed by atoms with Gasteiger partial charge in [0.05, 0.1) is 17.8 Å². The summed E-state index contributed by atoms with van der Waals surface area (Å²) in [5.41, 5.74) is 0.970. The minimum atomic E-state index is -0.908. The van der Waals surface area contributed by atoms with Crippen LogP contribution in [0.2, 0.25) is 0 Å². The van der Waals surface area contributed by atoms with Crippen LogP contribution in [0.3, 0.4) is 0 Å². The number of carbonyl (C=O) groups is 2. The topological polar surface area (TPSA) is 60.9 Å². The number of rotatable bonds is 3. The second kappa shape index (κ2) is 5.90. The third kappa shape index (κ3) is 2.63. The van der Waals surface area contributed by atoms with Crippen LogP contribution in [-0.2, 0) is 9.59 Å². The lowest BCUT2D eigenvalue weighted by molar-refractivity contribution is -0.121. The molecule has 1 atom stereocenters. The van der Waals surface area contributed by atoms with Gasteiger partial charge in [0.15, 0.2) is 0 Å². The third-order valence-corrected chi connectivity index (χ3v) is 4.00. The van der Waals surface area contributed by atoms with E-state index in [-0.39, 0.29) is 12.3 Å². The van der Waals surface area contributed by atoms with Gasteiger partial charge in [-0.2, -0.15) is 0 Å². The maximum atomic E-state index is 12.5. The van der Waals surface area contributed by atoms with E-state index in [1.807, 2.05) is 12.1 Å². The molecule has 1 aliphatic heterocycles. The van der Waals surface area contributed by atoms with Gasteiger partial charge in [-0.05, 0) is 30.3 Å². The number of nitrogens with zero attached hydrogens (tertiary/aromatic N) is 2. The molecule has 2 amide bonds. The SMILES string of the molecule is O=C1C[C@H](N(O)c2ccccc2)C(=O)N1c1cccc(Br)c1. The molecule has 0 unspecified atom stereocenters. The summed E-state index contributed by atoms with van der Waals surface area (Å²) in [5, 5.41) is 11.1. The monoisotopic (exact) mass is 360 g/mol. The van der Waals surface area contributed by atoms with E-state index < -0.39 is 11.9 Å². The number of hydroxylamine groups is 1. The summed E-state index contributed by atoms with van der Waals surface area (Å²) in [4.78, 5) is 25.8. The van der Waals surface area contributed by atoms with Crippen molar-refractivity contribution in [3.8, 4) is 0 Å². The quantitative estimate of drug-likeness (QED) is 0.675. The van der Waals surface area contributed by atoms with Gasteiger partial charge in [0, 0.05) is 4.47 Å². The molecule has 1 aliphatic rings. The van der Waals surface area contributed by atoms with E-state index >= 15 is 0 Å². The number of carbonyl (C=O) groups excluding carboxylic acids is 2. The lowest BCUT2D eigenvalue weighted by atomic mass is 10.2. The van der Waals surface area contributed by atoms with E-state index in [0.717, 1.165) is 14.4 Å². The molecule has 0 saturated carbocycles. The number of anilines is 2. The number of amides is 2. The molecule has 2 aromatic rings. The van der Waals surface area contributed by atoms with Crippen molar-refractivity contribution < 1.29 is 14.8 Å². The number of imide groups is 1. The number of halogens is 1. The van der Waals surface area contributed by atoms with Gasteiger partial charge in [-0.25, -0.2) is 9.96 Å². The number of benzene rings is 2. The van der Waals surface area contributed by atoms with E-state index in [9.17, 15) is 14.8 Å². The zero-order valence-electron chi connectivity index (χ0n) is 11.5. The van der Waals surface area contributed by atoms with Crippen LogP contribution < -0.4 is 9.96 Å². The van der Waals surface area contributed by atoms with Crippen molar-refractivity contribution in [1.29, 1.82) is 0 Å². The first-order chi connectivity index (χ1) is 10.6. The Morgan fingerprint density at radius 3 is 2.50 bits per heavy atom. The Labute approximate surface area is 135 Å². The summed E-state index contributed by atoms with van der Waals surface area (Å²) in [6.45, 7) is 0. The van der Waals surface area contributed by atoms with E-state index in [2.05, 4.69) is 15.9 Å². The van der Waals surface area contributed by atoms with Crippen LogP contribution in [0.15, 0.2) is 59.1 Å². The summed E-state index contributed by atoms with van der Waals surface area (Å²) in [5.74, 6) is -0.766. The van der Waals surface area contributed by atoms with E-state index in [0.29, 0.717) is 11.4 Å². The summed E-state index contributed by atoms with van der Waals surface area (Å²) in [7, 11) is 0. The molecule has 22 heavy (non-hydrogen) atoms. The molecule has 112 valence electrons. The van der Waals surface area contributed by atoms with E-state index in [4.69, 9.17) is 0 Å². The molecule has 1 fully saturated rings. The fourth-order valence-electron chi connectivity index (χ4n) is 2.45. The average Bonchev–Trinajstić information content (AvgIpc) is 2.82. The van der Waals surface area contributed by atoms with Crippen LogP contribution in [0.1, 0.15) is 6.42 Å². The zero-order chi connectivity index (χ0) is 15.7. The molecule has 2 aromatic carbocycles. The Morgan fingerprint density at radius 1 is 1.09 bits per heavy atom. The number of hydrogen-bond acceptors (Lipinski definition) is 4. The Kier molecular flexibility index (Phi) is 3.96. The molecule has 0 aromatic heterocycles. The highest BCUT2D eigenvalue weighted by molar-refractivity contribution is 9.10. The van der Waals surface area contributed by atoms with Gasteiger partial charge < -0.3 is 0 Å². The van der Waals surface area contributed by atoms with Crippen molar-refractivity contribution in [2.75, 3.05) is 9.96 Å². The first-order valence-electron chi connectivity index (χ1n) is 6.73. The normalized spacial score (nSPS) is 17.9. The predicted octanol–water partition coefficient (Wildman–Crippen LogP) is 2.98. The minimum absolute atomic E-state index is 0.0588. The molecule has 0 bridgehead atoms. The molecular weight excluding hydrogens is 348 g/mol. The van der Waals surface area contributed by atoms with Gasteiger partial charge in [-0.1, -0.05) is 40.2 Å². The average molecular weight is 361 g/mol. The largest absolute Gasteiger partial charge is 0.288 e. The lowest BCUT2D eigenvalue weighted by Gasteiger charge is -2.22. The van der Waals surface area contributed by atoms with Crippen molar-refractivity contribution in [3.63, 3.8) is 0 Å². The van der Waals surface area contributed by atoms with Crippen molar-refractivity contribution in [3.05, 3.63) is 59.1 Å². The van der Waals surface area contributed by atoms with Crippen molar-refractivity contribution >= 4 is 39.1 Å². The molecule has 1 N–H and O–H groups in total. The standard InChI is InChI=1S/C16H13BrN2O3/c17-11-5-4-8-13(9-11)18-15(20)10-14(16(18)21)19(22)12-6-2-1-3-7-12/h1-9,14,22H,10H2/t14-/m0/s1. The highest BCUT2D eigenvalue weighted by Crippen LogP contribution is 2.29. The molecule has 0 spiro atoms. The summed E-state index contributed by atoms with van der Waals surface area (Å²) >= 11 is 3.32. The van der Waals surface area contributed by atoms with Gasteiger partial charge in [-0.3, -0.25) is 14.8 Å².